The predicted octanol–water partition coefficient (Wildman–Crippen LogP) is 1.28. The number of likely N-dealkylation sites (N-methyl/N-ethyl adjacent to an activating group) is 1. The number of anilines is 1. The molecule has 3 heterocycles. The first-order valence-electron chi connectivity index (χ1n) is 5.64. The van der Waals surface area contributed by atoms with Crippen molar-refractivity contribution in [3.63, 3.8) is 0 Å². The lowest BCUT2D eigenvalue weighted by Crippen LogP contribution is -2.45. The minimum absolute atomic E-state index is 0.689. The molecule has 0 N–H and O–H groups in total. The van der Waals surface area contributed by atoms with Gasteiger partial charge < -0.3 is 4.90 Å². The van der Waals surface area contributed by atoms with Crippen molar-refractivity contribution < 1.29 is 0 Å². The molecule has 0 spiro atoms. The molecule has 2 saturated heterocycles. The number of piperazine rings is 1. The smallest absolute Gasteiger partial charge is 0.131 e. The zero-order valence-electron chi connectivity index (χ0n) is 9.35. The third-order valence-electron chi connectivity index (χ3n) is 3.77. The maximum Gasteiger partial charge on any atom is 0.131 e. The Bertz CT molecular complexity index is 375. The molecule has 2 bridgehead atoms. The molecule has 2 aliphatic rings. The minimum atomic E-state index is 0.689. The maximum atomic E-state index is 4.51. The molecule has 15 heavy (non-hydrogen) atoms. The van der Waals surface area contributed by atoms with Crippen LogP contribution in [0.5, 0.6) is 0 Å². The first kappa shape index (κ1) is 9.16. The van der Waals surface area contributed by atoms with Crippen LogP contribution in [0.4, 0.5) is 5.82 Å². The summed E-state index contributed by atoms with van der Waals surface area (Å²) < 4.78 is 0. The average Bonchev–Trinajstić information content (AvgIpc) is 2.77. The average molecular weight is 203 g/mol. The largest absolute Gasteiger partial charge is 0.350 e. The molecule has 0 aliphatic carbocycles. The molecular formula is C12H17N3. The highest BCUT2D eigenvalue weighted by molar-refractivity contribution is 5.49. The molecular weight excluding hydrogens is 186 g/mol. The van der Waals surface area contributed by atoms with Crippen LogP contribution >= 0.6 is 0 Å². The van der Waals surface area contributed by atoms with Crippen molar-refractivity contribution in [1.29, 1.82) is 0 Å². The summed E-state index contributed by atoms with van der Waals surface area (Å²) in [4.78, 5) is 9.47. The second-order valence-electron chi connectivity index (χ2n) is 4.78. The van der Waals surface area contributed by atoms with Crippen molar-refractivity contribution >= 4 is 5.82 Å². The van der Waals surface area contributed by atoms with Gasteiger partial charge in [0.25, 0.3) is 0 Å². The fraction of sp³-hybridized carbons (Fsp3) is 0.583. The second-order valence-corrected chi connectivity index (χ2v) is 4.78. The van der Waals surface area contributed by atoms with Crippen LogP contribution < -0.4 is 4.90 Å². The lowest BCUT2D eigenvalue weighted by molar-refractivity contribution is 0.292. The van der Waals surface area contributed by atoms with Crippen LogP contribution in [0, 0.1) is 6.92 Å². The van der Waals surface area contributed by atoms with Gasteiger partial charge in [-0.1, -0.05) is 6.07 Å². The van der Waals surface area contributed by atoms with Gasteiger partial charge in [0.05, 0.1) is 0 Å². The molecule has 2 atom stereocenters. The van der Waals surface area contributed by atoms with E-state index in [-0.39, 0.29) is 0 Å². The first-order chi connectivity index (χ1) is 7.25. The molecule has 0 unspecified atom stereocenters. The van der Waals surface area contributed by atoms with Crippen LogP contribution in [0.15, 0.2) is 18.3 Å². The summed E-state index contributed by atoms with van der Waals surface area (Å²) >= 11 is 0. The summed E-state index contributed by atoms with van der Waals surface area (Å²) in [5.74, 6) is 1.19. The van der Waals surface area contributed by atoms with Gasteiger partial charge in [0.1, 0.15) is 5.82 Å². The summed E-state index contributed by atoms with van der Waals surface area (Å²) in [5.41, 5.74) is 1.30. The van der Waals surface area contributed by atoms with Gasteiger partial charge in [-0.3, -0.25) is 4.90 Å². The lowest BCUT2D eigenvalue weighted by atomic mass is 10.2. The quantitative estimate of drug-likeness (QED) is 0.685. The van der Waals surface area contributed by atoms with E-state index in [0.29, 0.717) is 6.04 Å². The molecule has 3 rings (SSSR count). The van der Waals surface area contributed by atoms with Gasteiger partial charge in [0.15, 0.2) is 0 Å². The Hall–Kier alpha value is -1.09. The van der Waals surface area contributed by atoms with Gasteiger partial charge in [-0.25, -0.2) is 4.98 Å². The van der Waals surface area contributed by atoms with Crippen molar-refractivity contribution in [3.8, 4) is 0 Å². The molecule has 0 saturated carbocycles. The van der Waals surface area contributed by atoms with Crippen LogP contribution in [0.2, 0.25) is 0 Å². The van der Waals surface area contributed by atoms with E-state index >= 15 is 0 Å². The SMILES string of the molecule is Cc1cccnc1N1C[C@@H]2C[C@H]1CN2C. The number of aryl methyl sites for hydroxylation is 1. The molecule has 0 radical (unpaired) electrons. The monoisotopic (exact) mass is 203 g/mol. The Kier molecular flexibility index (Phi) is 1.96. The standard InChI is InChI=1S/C12H17N3/c1-9-4-3-5-13-12(9)15-8-10-6-11(15)7-14(10)2/h3-5,10-11H,6-8H2,1-2H3/t10-,11-/m0/s1. The molecule has 3 nitrogen and oxygen atoms in total. The van der Waals surface area contributed by atoms with Crippen LogP contribution in [0.1, 0.15) is 12.0 Å². The van der Waals surface area contributed by atoms with Crippen molar-refractivity contribution in [3.05, 3.63) is 23.9 Å². The number of rotatable bonds is 1. The van der Waals surface area contributed by atoms with E-state index in [1.54, 1.807) is 0 Å². The van der Waals surface area contributed by atoms with Gasteiger partial charge in [0.2, 0.25) is 0 Å². The molecule has 1 aromatic rings. The summed E-state index contributed by atoms with van der Waals surface area (Å²) in [7, 11) is 2.23. The molecule has 80 valence electrons. The summed E-state index contributed by atoms with van der Waals surface area (Å²) in [6.45, 7) is 4.50. The van der Waals surface area contributed by atoms with Gasteiger partial charge in [0, 0.05) is 31.4 Å². The van der Waals surface area contributed by atoms with Crippen LogP contribution in [-0.4, -0.2) is 42.1 Å². The fourth-order valence-corrected chi connectivity index (χ4v) is 2.90. The summed E-state index contributed by atoms with van der Waals surface area (Å²) in [5, 5.41) is 0. The van der Waals surface area contributed by atoms with Gasteiger partial charge >= 0.3 is 0 Å². The van der Waals surface area contributed by atoms with Crippen molar-refractivity contribution in [2.75, 3.05) is 25.0 Å². The van der Waals surface area contributed by atoms with Crippen LogP contribution in [0.3, 0.4) is 0 Å². The highest BCUT2D eigenvalue weighted by Gasteiger charge is 2.42. The van der Waals surface area contributed by atoms with Crippen molar-refractivity contribution in [2.45, 2.75) is 25.4 Å². The zero-order chi connectivity index (χ0) is 10.4. The molecule has 0 amide bonds. The molecule has 0 aromatic carbocycles. The second kappa shape index (κ2) is 3.20. The Morgan fingerprint density at radius 1 is 1.33 bits per heavy atom. The number of hydrogen-bond acceptors (Lipinski definition) is 3. The van der Waals surface area contributed by atoms with Gasteiger partial charge in [-0.05, 0) is 32.0 Å². The zero-order valence-corrected chi connectivity index (χ0v) is 9.35. The number of hydrogen-bond donors (Lipinski definition) is 0. The molecule has 2 fully saturated rings. The Morgan fingerprint density at radius 2 is 2.20 bits per heavy atom. The highest BCUT2D eigenvalue weighted by Crippen LogP contribution is 2.33. The van der Waals surface area contributed by atoms with E-state index < -0.39 is 0 Å². The van der Waals surface area contributed by atoms with Gasteiger partial charge in [-0.2, -0.15) is 0 Å². The van der Waals surface area contributed by atoms with E-state index in [0.717, 1.165) is 12.6 Å². The lowest BCUT2D eigenvalue weighted by Gasteiger charge is -2.33. The number of aromatic nitrogens is 1. The van der Waals surface area contributed by atoms with Gasteiger partial charge in [-0.15, -0.1) is 0 Å². The van der Waals surface area contributed by atoms with E-state index in [1.807, 2.05) is 12.3 Å². The normalized spacial score (nSPS) is 30.1. The predicted molar refractivity (Wildman–Crippen MR) is 61.1 cm³/mol. The molecule has 1 aromatic heterocycles. The number of pyridine rings is 1. The van der Waals surface area contributed by atoms with Crippen molar-refractivity contribution in [1.82, 2.24) is 9.88 Å². The van der Waals surface area contributed by atoms with E-state index in [9.17, 15) is 0 Å². The van der Waals surface area contributed by atoms with Crippen LogP contribution in [0.25, 0.3) is 0 Å². The van der Waals surface area contributed by atoms with E-state index in [1.165, 1.54) is 24.3 Å². The number of likely N-dealkylation sites (tertiary alicyclic amines) is 1. The topological polar surface area (TPSA) is 19.4 Å². The fourth-order valence-electron chi connectivity index (χ4n) is 2.90. The Labute approximate surface area is 90.7 Å². The molecule has 3 heteroatoms. The third-order valence-corrected chi connectivity index (χ3v) is 3.77. The number of nitrogens with zero attached hydrogens (tertiary/aromatic N) is 3. The summed E-state index contributed by atoms with van der Waals surface area (Å²) in [6.07, 6.45) is 3.21. The van der Waals surface area contributed by atoms with Crippen molar-refractivity contribution in [2.24, 2.45) is 0 Å². The Morgan fingerprint density at radius 3 is 2.80 bits per heavy atom. The summed E-state index contributed by atoms with van der Waals surface area (Å²) in [6, 6.07) is 5.60. The highest BCUT2D eigenvalue weighted by atomic mass is 15.4. The van der Waals surface area contributed by atoms with Crippen LogP contribution in [-0.2, 0) is 0 Å². The minimum Gasteiger partial charge on any atom is -0.350 e. The number of fused-ring (bicyclic) bond motifs is 2. The molecule has 2 aliphatic heterocycles. The Balaban J connectivity index is 1.89. The maximum absolute atomic E-state index is 4.51. The van der Waals surface area contributed by atoms with E-state index in [4.69, 9.17) is 0 Å². The van der Waals surface area contributed by atoms with E-state index in [2.05, 4.69) is 34.8 Å². The first-order valence-corrected chi connectivity index (χ1v) is 5.64. The third kappa shape index (κ3) is 1.34.